The van der Waals surface area contributed by atoms with Gasteiger partial charge in [0.05, 0.1) is 0 Å². The number of aliphatic hydroxyl groups is 1. The minimum atomic E-state index is -0.0573. The van der Waals surface area contributed by atoms with E-state index in [0.29, 0.717) is 6.42 Å². The highest BCUT2D eigenvalue weighted by atomic mass is 79.9. The lowest BCUT2D eigenvalue weighted by molar-refractivity contribution is 0.276. The Morgan fingerprint density at radius 3 is 2.77 bits per heavy atom. The van der Waals surface area contributed by atoms with Crippen LogP contribution in [0.3, 0.4) is 0 Å². The molecule has 0 radical (unpaired) electrons. The molecule has 0 aliphatic rings. The fourth-order valence-corrected chi connectivity index (χ4v) is 1.83. The third kappa shape index (κ3) is 2.79. The normalized spacial score (nSPS) is 12.9. The van der Waals surface area contributed by atoms with Gasteiger partial charge in [0, 0.05) is 17.1 Å². The molecule has 0 aliphatic carbocycles. The van der Waals surface area contributed by atoms with E-state index in [1.807, 2.05) is 25.1 Å². The average molecular weight is 244 g/mol. The van der Waals surface area contributed by atoms with Crippen molar-refractivity contribution in [2.75, 3.05) is 6.61 Å². The summed E-state index contributed by atoms with van der Waals surface area (Å²) in [6.07, 6.45) is 0.614. The number of hydrogen-bond donors (Lipinski definition) is 2. The predicted molar refractivity (Wildman–Crippen MR) is 57.5 cm³/mol. The summed E-state index contributed by atoms with van der Waals surface area (Å²) < 4.78 is 1.06. The zero-order chi connectivity index (χ0) is 9.84. The van der Waals surface area contributed by atoms with Gasteiger partial charge >= 0.3 is 0 Å². The van der Waals surface area contributed by atoms with Crippen LogP contribution in [0.15, 0.2) is 22.7 Å². The standard InChI is InChI=1S/C10H14BrNO/c1-7-6-8(11)2-3-9(7)10(12)4-5-13/h2-3,6,10,13H,4-5,12H2,1H3/t10-/m0/s1. The van der Waals surface area contributed by atoms with Gasteiger partial charge in [-0.05, 0) is 36.6 Å². The summed E-state index contributed by atoms with van der Waals surface area (Å²) in [4.78, 5) is 0. The topological polar surface area (TPSA) is 46.2 Å². The van der Waals surface area contributed by atoms with Gasteiger partial charge in [0.1, 0.15) is 0 Å². The summed E-state index contributed by atoms with van der Waals surface area (Å²) in [5.41, 5.74) is 8.15. The Hall–Kier alpha value is -0.380. The summed E-state index contributed by atoms with van der Waals surface area (Å²) in [6, 6.07) is 5.95. The fraction of sp³-hybridized carbons (Fsp3) is 0.400. The monoisotopic (exact) mass is 243 g/mol. The Kier molecular flexibility index (Phi) is 3.90. The Balaban J connectivity index is 2.88. The van der Waals surface area contributed by atoms with E-state index in [1.54, 1.807) is 0 Å². The molecule has 3 heteroatoms. The molecule has 0 aromatic heterocycles. The van der Waals surface area contributed by atoms with Gasteiger partial charge in [0.25, 0.3) is 0 Å². The highest BCUT2D eigenvalue weighted by Gasteiger charge is 2.07. The lowest BCUT2D eigenvalue weighted by Gasteiger charge is -2.13. The molecule has 0 bridgehead atoms. The number of halogens is 1. The van der Waals surface area contributed by atoms with Crippen LogP contribution in [0.2, 0.25) is 0 Å². The van der Waals surface area contributed by atoms with Crippen LogP contribution in [0.25, 0.3) is 0 Å². The zero-order valence-corrected chi connectivity index (χ0v) is 9.21. The predicted octanol–water partition coefficient (Wildman–Crippen LogP) is 2.14. The quantitative estimate of drug-likeness (QED) is 0.855. The summed E-state index contributed by atoms with van der Waals surface area (Å²) in [5, 5.41) is 8.75. The van der Waals surface area contributed by atoms with Gasteiger partial charge in [-0.25, -0.2) is 0 Å². The number of aliphatic hydroxyl groups excluding tert-OH is 1. The molecule has 1 atom stereocenters. The lowest BCUT2D eigenvalue weighted by atomic mass is 10.0. The van der Waals surface area contributed by atoms with Crippen molar-refractivity contribution in [1.82, 2.24) is 0 Å². The first-order valence-corrected chi connectivity index (χ1v) is 5.07. The Labute approximate surface area is 86.9 Å². The molecule has 2 nitrogen and oxygen atoms in total. The van der Waals surface area contributed by atoms with Gasteiger partial charge in [-0.1, -0.05) is 22.0 Å². The van der Waals surface area contributed by atoms with Crippen molar-refractivity contribution in [3.63, 3.8) is 0 Å². The van der Waals surface area contributed by atoms with Crippen molar-refractivity contribution < 1.29 is 5.11 Å². The second-order valence-corrected chi connectivity index (χ2v) is 4.04. The van der Waals surface area contributed by atoms with Crippen LogP contribution in [-0.2, 0) is 0 Å². The number of benzene rings is 1. The van der Waals surface area contributed by atoms with E-state index in [1.165, 1.54) is 0 Å². The first kappa shape index (κ1) is 10.7. The van der Waals surface area contributed by atoms with Crippen LogP contribution in [-0.4, -0.2) is 11.7 Å². The van der Waals surface area contributed by atoms with Crippen molar-refractivity contribution in [1.29, 1.82) is 0 Å². The highest BCUT2D eigenvalue weighted by molar-refractivity contribution is 9.10. The van der Waals surface area contributed by atoms with Gasteiger partial charge in [-0.3, -0.25) is 0 Å². The minimum Gasteiger partial charge on any atom is -0.396 e. The third-order valence-corrected chi connectivity index (χ3v) is 2.56. The molecule has 1 aromatic rings. The molecular formula is C10H14BrNO. The van der Waals surface area contributed by atoms with Gasteiger partial charge in [-0.15, -0.1) is 0 Å². The van der Waals surface area contributed by atoms with Crippen LogP contribution < -0.4 is 5.73 Å². The number of nitrogens with two attached hydrogens (primary N) is 1. The number of hydrogen-bond acceptors (Lipinski definition) is 2. The molecule has 0 aliphatic heterocycles. The maximum atomic E-state index is 8.75. The van der Waals surface area contributed by atoms with Gasteiger partial charge in [0.2, 0.25) is 0 Å². The van der Waals surface area contributed by atoms with Crippen molar-refractivity contribution in [3.8, 4) is 0 Å². The summed E-state index contributed by atoms with van der Waals surface area (Å²) >= 11 is 3.39. The molecule has 0 saturated carbocycles. The van der Waals surface area contributed by atoms with Crippen molar-refractivity contribution in [2.45, 2.75) is 19.4 Å². The summed E-state index contributed by atoms with van der Waals surface area (Å²) in [7, 11) is 0. The third-order valence-electron chi connectivity index (χ3n) is 2.07. The van der Waals surface area contributed by atoms with E-state index >= 15 is 0 Å². The van der Waals surface area contributed by atoms with Crippen LogP contribution in [0, 0.1) is 6.92 Å². The molecule has 0 amide bonds. The highest BCUT2D eigenvalue weighted by Crippen LogP contribution is 2.21. The smallest absolute Gasteiger partial charge is 0.0449 e. The van der Waals surface area contributed by atoms with E-state index in [4.69, 9.17) is 10.8 Å². The maximum absolute atomic E-state index is 8.75. The van der Waals surface area contributed by atoms with Crippen molar-refractivity contribution >= 4 is 15.9 Å². The molecule has 0 saturated heterocycles. The Morgan fingerprint density at radius 1 is 1.54 bits per heavy atom. The number of rotatable bonds is 3. The zero-order valence-electron chi connectivity index (χ0n) is 7.63. The summed E-state index contributed by atoms with van der Waals surface area (Å²) in [6.45, 7) is 2.16. The van der Waals surface area contributed by atoms with E-state index in [2.05, 4.69) is 15.9 Å². The molecule has 0 fully saturated rings. The SMILES string of the molecule is Cc1cc(Br)ccc1[C@@H](N)CCO. The van der Waals surface area contributed by atoms with Crippen molar-refractivity contribution in [2.24, 2.45) is 5.73 Å². The molecule has 13 heavy (non-hydrogen) atoms. The van der Waals surface area contributed by atoms with Gasteiger partial charge < -0.3 is 10.8 Å². The van der Waals surface area contributed by atoms with Gasteiger partial charge in [0.15, 0.2) is 0 Å². The minimum absolute atomic E-state index is 0.0573. The molecule has 72 valence electrons. The molecule has 3 N–H and O–H groups in total. The molecule has 1 rings (SSSR count). The van der Waals surface area contributed by atoms with Crippen LogP contribution in [0.1, 0.15) is 23.6 Å². The molecule has 0 spiro atoms. The molecular weight excluding hydrogens is 230 g/mol. The molecule has 1 aromatic carbocycles. The molecule has 0 heterocycles. The first-order chi connectivity index (χ1) is 6.15. The Bertz CT molecular complexity index is 288. The van der Waals surface area contributed by atoms with E-state index in [0.717, 1.165) is 15.6 Å². The first-order valence-electron chi connectivity index (χ1n) is 4.27. The van der Waals surface area contributed by atoms with Crippen LogP contribution in [0.4, 0.5) is 0 Å². The van der Waals surface area contributed by atoms with E-state index in [9.17, 15) is 0 Å². The van der Waals surface area contributed by atoms with Gasteiger partial charge in [-0.2, -0.15) is 0 Å². The largest absolute Gasteiger partial charge is 0.396 e. The molecule has 0 unspecified atom stereocenters. The average Bonchev–Trinajstić information content (AvgIpc) is 2.04. The van der Waals surface area contributed by atoms with E-state index < -0.39 is 0 Å². The maximum Gasteiger partial charge on any atom is 0.0449 e. The second-order valence-electron chi connectivity index (χ2n) is 3.12. The van der Waals surface area contributed by atoms with Crippen molar-refractivity contribution in [3.05, 3.63) is 33.8 Å². The van der Waals surface area contributed by atoms with Crippen LogP contribution in [0.5, 0.6) is 0 Å². The Morgan fingerprint density at radius 2 is 2.23 bits per heavy atom. The number of aryl methyl sites for hydroxylation is 1. The van der Waals surface area contributed by atoms with Crippen LogP contribution >= 0.6 is 15.9 Å². The van der Waals surface area contributed by atoms with E-state index in [-0.39, 0.29) is 12.6 Å². The fourth-order valence-electron chi connectivity index (χ4n) is 1.35. The summed E-state index contributed by atoms with van der Waals surface area (Å²) in [5.74, 6) is 0. The second kappa shape index (κ2) is 4.74. The lowest BCUT2D eigenvalue weighted by Crippen LogP contribution is -2.13.